The smallest absolute Gasteiger partial charge is 0.156 e. The zero-order valence-corrected chi connectivity index (χ0v) is 14.0. The standard InChI is InChI=1S/C15H22BrClO/c1-10-7-11(18)8-13(2,3)15(10)6-5-14(4,16)12(17)9-15/h7,12H,5-6,8-9H2,1-4H3/t12?,14?,15-/m0/s1. The summed E-state index contributed by atoms with van der Waals surface area (Å²) < 4.78 is 0.0254. The molecule has 102 valence electrons. The molecule has 3 atom stereocenters. The van der Waals surface area contributed by atoms with E-state index in [9.17, 15) is 4.79 Å². The normalized spacial score (nSPS) is 44.0. The first kappa shape index (κ1) is 14.6. The van der Waals surface area contributed by atoms with Crippen LogP contribution in [0.4, 0.5) is 0 Å². The fourth-order valence-electron chi connectivity index (χ4n) is 3.78. The summed E-state index contributed by atoms with van der Waals surface area (Å²) in [7, 11) is 0. The van der Waals surface area contributed by atoms with Crippen LogP contribution in [-0.2, 0) is 4.79 Å². The molecule has 0 aromatic heterocycles. The molecular weight excluding hydrogens is 312 g/mol. The van der Waals surface area contributed by atoms with Gasteiger partial charge in [0, 0.05) is 16.1 Å². The second-order valence-electron chi connectivity index (χ2n) is 6.89. The summed E-state index contributed by atoms with van der Waals surface area (Å²) in [6, 6.07) is 0. The van der Waals surface area contributed by atoms with Crippen molar-refractivity contribution in [1.29, 1.82) is 0 Å². The Morgan fingerprint density at radius 2 is 1.94 bits per heavy atom. The molecule has 0 heterocycles. The molecule has 1 saturated carbocycles. The predicted molar refractivity (Wildman–Crippen MR) is 80.4 cm³/mol. The maximum absolute atomic E-state index is 11.8. The zero-order valence-electron chi connectivity index (χ0n) is 11.6. The summed E-state index contributed by atoms with van der Waals surface area (Å²) in [4.78, 5) is 11.8. The van der Waals surface area contributed by atoms with Crippen molar-refractivity contribution in [1.82, 2.24) is 0 Å². The minimum absolute atomic E-state index is 0.0134. The molecule has 3 heteroatoms. The SMILES string of the molecule is CC1=CC(=O)CC(C)(C)[C@]12CCC(C)(Br)C(Cl)C2. The van der Waals surface area contributed by atoms with E-state index in [2.05, 4.69) is 43.6 Å². The van der Waals surface area contributed by atoms with E-state index in [4.69, 9.17) is 11.6 Å². The molecule has 0 amide bonds. The van der Waals surface area contributed by atoms with Crippen molar-refractivity contribution >= 4 is 33.3 Å². The second kappa shape index (κ2) is 4.34. The average Bonchev–Trinajstić information content (AvgIpc) is 2.19. The highest BCUT2D eigenvalue weighted by Crippen LogP contribution is 2.61. The van der Waals surface area contributed by atoms with Crippen LogP contribution in [-0.4, -0.2) is 15.5 Å². The van der Waals surface area contributed by atoms with Crippen molar-refractivity contribution in [2.45, 2.75) is 63.1 Å². The Morgan fingerprint density at radius 3 is 2.44 bits per heavy atom. The summed E-state index contributed by atoms with van der Waals surface area (Å²) in [6.07, 6.45) is 5.63. The first-order chi connectivity index (χ1) is 8.11. The van der Waals surface area contributed by atoms with Gasteiger partial charge in [-0.1, -0.05) is 35.4 Å². The molecular formula is C15H22BrClO. The van der Waals surface area contributed by atoms with Gasteiger partial charge in [0.1, 0.15) is 0 Å². The Labute approximate surface area is 123 Å². The highest BCUT2D eigenvalue weighted by molar-refractivity contribution is 9.10. The van der Waals surface area contributed by atoms with Gasteiger partial charge in [0.2, 0.25) is 0 Å². The van der Waals surface area contributed by atoms with Crippen molar-refractivity contribution in [3.63, 3.8) is 0 Å². The van der Waals surface area contributed by atoms with Gasteiger partial charge in [0.15, 0.2) is 5.78 Å². The van der Waals surface area contributed by atoms with Crippen molar-refractivity contribution in [3.05, 3.63) is 11.6 Å². The van der Waals surface area contributed by atoms with Crippen LogP contribution in [0.25, 0.3) is 0 Å². The number of carbonyl (C=O) groups excluding carboxylic acids is 1. The molecule has 1 nitrogen and oxygen atoms in total. The Morgan fingerprint density at radius 1 is 1.33 bits per heavy atom. The van der Waals surface area contributed by atoms with Gasteiger partial charge >= 0.3 is 0 Å². The van der Waals surface area contributed by atoms with Gasteiger partial charge in [0.05, 0.1) is 0 Å². The van der Waals surface area contributed by atoms with Crippen LogP contribution in [0.1, 0.15) is 53.4 Å². The van der Waals surface area contributed by atoms with Crippen LogP contribution >= 0.6 is 27.5 Å². The summed E-state index contributed by atoms with van der Waals surface area (Å²) >= 11 is 10.4. The summed E-state index contributed by atoms with van der Waals surface area (Å²) in [5.74, 6) is 0.265. The predicted octanol–water partition coefficient (Wildman–Crippen LogP) is 4.86. The van der Waals surface area contributed by atoms with Gasteiger partial charge < -0.3 is 0 Å². The molecule has 18 heavy (non-hydrogen) atoms. The molecule has 2 aliphatic carbocycles. The maximum atomic E-state index is 11.8. The molecule has 0 aliphatic heterocycles. The minimum Gasteiger partial charge on any atom is -0.295 e. The van der Waals surface area contributed by atoms with Gasteiger partial charge in [-0.15, -0.1) is 11.6 Å². The quantitative estimate of drug-likeness (QED) is 0.578. The topological polar surface area (TPSA) is 17.1 Å². The van der Waals surface area contributed by atoms with E-state index in [-0.39, 0.29) is 26.3 Å². The molecule has 0 radical (unpaired) electrons. The molecule has 2 unspecified atom stereocenters. The highest BCUT2D eigenvalue weighted by Gasteiger charge is 2.55. The number of rotatable bonds is 0. The largest absolute Gasteiger partial charge is 0.295 e. The number of hydrogen-bond acceptors (Lipinski definition) is 1. The Hall–Kier alpha value is 0.180. The van der Waals surface area contributed by atoms with Crippen molar-refractivity contribution in [3.8, 4) is 0 Å². The Balaban J connectivity index is 2.42. The average molecular weight is 334 g/mol. The number of ketones is 1. The van der Waals surface area contributed by atoms with E-state index in [0.29, 0.717) is 6.42 Å². The van der Waals surface area contributed by atoms with E-state index in [1.165, 1.54) is 5.57 Å². The lowest BCUT2D eigenvalue weighted by molar-refractivity contribution is -0.120. The maximum Gasteiger partial charge on any atom is 0.156 e. The van der Waals surface area contributed by atoms with E-state index in [0.717, 1.165) is 19.3 Å². The fourth-order valence-corrected chi connectivity index (χ4v) is 4.51. The summed E-state index contributed by atoms with van der Waals surface area (Å²) in [6.45, 7) is 8.74. The second-order valence-corrected chi connectivity index (χ2v) is 9.22. The van der Waals surface area contributed by atoms with Crippen LogP contribution in [0, 0.1) is 10.8 Å². The molecule has 0 saturated heterocycles. The van der Waals surface area contributed by atoms with Crippen molar-refractivity contribution in [2.24, 2.45) is 10.8 Å². The summed E-state index contributed by atoms with van der Waals surface area (Å²) in [5.41, 5.74) is 1.34. The van der Waals surface area contributed by atoms with Crippen LogP contribution < -0.4 is 0 Å². The van der Waals surface area contributed by atoms with Crippen LogP contribution in [0.3, 0.4) is 0 Å². The van der Waals surface area contributed by atoms with Crippen LogP contribution in [0.15, 0.2) is 11.6 Å². The van der Waals surface area contributed by atoms with Crippen molar-refractivity contribution < 1.29 is 4.79 Å². The van der Waals surface area contributed by atoms with Crippen LogP contribution in [0.2, 0.25) is 0 Å². The fraction of sp³-hybridized carbons (Fsp3) is 0.800. The third-order valence-electron chi connectivity index (χ3n) is 5.27. The number of carbonyl (C=O) groups is 1. The molecule has 0 aromatic carbocycles. The van der Waals surface area contributed by atoms with E-state index in [1.54, 1.807) is 0 Å². The Bertz CT molecular complexity index is 411. The lowest BCUT2D eigenvalue weighted by Crippen LogP contribution is -2.51. The third-order valence-corrected chi connectivity index (χ3v) is 7.11. The lowest BCUT2D eigenvalue weighted by Gasteiger charge is -2.56. The van der Waals surface area contributed by atoms with E-state index >= 15 is 0 Å². The van der Waals surface area contributed by atoms with E-state index < -0.39 is 0 Å². The van der Waals surface area contributed by atoms with Crippen LogP contribution in [0.5, 0.6) is 0 Å². The molecule has 2 rings (SSSR count). The zero-order chi connectivity index (χ0) is 13.8. The van der Waals surface area contributed by atoms with Gasteiger partial charge in [-0.3, -0.25) is 4.79 Å². The third kappa shape index (κ3) is 2.10. The van der Waals surface area contributed by atoms with E-state index in [1.807, 2.05) is 6.08 Å². The van der Waals surface area contributed by atoms with Gasteiger partial charge in [-0.05, 0) is 50.0 Å². The number of alkyl halides is 2. The first-order valence-electron chi connectivity index (χ1n) is 6.65. The molecule has 0 N–H and O–H groups in total. The number of hydrogen-bond donors (Lipinski definition) is 0. The minimum atomic E-state index is 0.0134. The molecule has 0 aromatic rings. The highest BCUT2D eigenvalue weighted by atomic mass is 79.9. The summed E-state index contributed by atoms with van der Waals surface area (Å²) in [5, 5.41) is 0.113. The van der Waals surface area contributed by atoms with Gasteiger partial charge in [-0.2, -0.15) is 0 Å². The lowest BCUT2D eigenvalue weighted by atomic mass is 9.51. The monoisotopic (exact) mass is 332 g/mol. The van der Waals surface area contributed by atoms with Crippen molar-refractivity contribution in [2.75, 3.05) is 0 Å². The van der Waals surface area contributed by atoms with Gasteiger partial charge in [-0.25, -0.2) is 0 Å². The molecule has 1 spiro atoms. The number of halogens is 2. The van der Waals surface area contributed by atoms with Gasteiger partial charge in [0.25, 0.3) is 0 Å². The molecule has 0 bridgehead atoms. The molecule has 2 aliphatic rings. The number of allylic oxidation sites excluding steroid dienone is 2. The molecule has 1 fully saturated rings. The first-order valence-corrected chi connectivity index (χ1v) is 7.88. The Kier molecular flexibility index (Phi) is 3.52.